The zero-order chi connectivity index (χ0) is 8.97. The van der Waals surface area contributed by atoms with Crippen LogP contribution >= 0.6 is 0 Å². The minimum atomic E-state index is -0.444. The largest absolute Gasteiger partial charge is 0.601 e. The van der Waals surface area contributed by atoms with Gasteiger partial charge in [-0.2, -0.15) is 0 Å². The molecule has 0 bridgehead atoms. The summed E-state index contributed by atoms with van der Waals surface area (Å²) in [6.45, 7) is 1.96. The first-order valence-electron chi connectivity index (χ1n) is 3.64. The molecular formula is C10H10O2. The van der Waals surface area contributed by atoms with Gasteiger partial charge in [-0.3, -0.25) is 0 Å². The lowest BCUT2D eigenvalue weighted by molar-refractivity contribution is -0.354. The van der Waals surface area contributed by atoms with Crippen LogP contribution in [-0.4, -0.2) is 7.11 Å². The monoisotopic (exact) mass is 162 g/mol. The molecule has 0 aliphatic rings. The Morgan fingerprint density at radius 1 is 1.50 bits per heavy atom. The van der Waals surface area contributed by atoms with Crippen LogP contribution in [0.3, 0.4) is 0 Å². The van der Waals surface area contributed by atoms with Gasteiger partial charge in [0, 0.05) is 5.56 Å². The highest BCUT2D eigenvalue weighted by Crippen LogP contribution is 2.04. The summed E-state index contributed by atoms with van der Waals surface area (Å²) in [7, 11) is 1.34. The topological polar surface area (TPSA) is 32.3 Å². The number of methoxy groups -OCH3 is 1. The van der Waals surface area contributed by atoms with E-state index in [1.54, 1.807) is 0 Å². The van der Waals surface area contributed by atoms with Crippen LogP contribution in [-0.2, 0) is 4.74 Å². The molecule has 0 aliphatic carbocycles. The molecule has 1 aromatic carbocycles. The molecule has 0 spiro atoms. The third-order valence-electron chi connectivity index (χ3n) is 1.45. The van der Waals surface area contributed by atoms with Gasteiger partial charge in [-0.25, -0.2) is 0 Å². The third-order valence-corrected chi connectivity index (χ3v) is 1.45. The molecule has 0 fully saturated rings. The first-order chi connectivity index (χ1) is 5.72. The smallest absolute Gasteiger partial charge is 0.190 e. The van der Waals surface area contributed by atoms with E-state index in [0.717, 1.165) is 11.1 Å². The van der Waals surface area contributed by atoms with E-state index in [1.165, 1.54) is 7.11 Å². The van der Waals surface area contributed by atoms with Crippen molar-refractivity contribution in [1.29, 1.82) is 0 Å². The molecule has 2 nitrogen and oxygen atoms in total. The fourth-order valence-corrected chi connectivity index (χ4v) is 0.892. The summed E-state index contributed by atoms with van der Waals surface area (Å²) < 4.78 is 4.44. The van der Waals surface area contributed by atoms with E-state index < -0.39 is 5.95 Å². The second-order valence-electron chi connectivity index (χ2n) is 2.49. The Labute approximate surface area is 72.1 Å². The summed E-state index contributed by atoms with van der Waals surface area (Å²) in [5.74, 6) is -0.444. The fraction of sp³-hybridized carbons (Fsp3) is 0.200. The molecule has 0 unspecified atom stereocenters. The Bertz CT molecular complexity index is 290. The summed E-state index contributed by atoms with van der Waals surface area (Å²) in [6.07, 6.45) is 2.57. The molecule has 12 heavy (non-hydrogen) atoms. The van der Waals surface area contributed by atoms with Crippen LogP contribution in [0, 0.1) is 13.0 Å². The molecule has 0 N–H and O–H groups in total. The molecule has 0 heterocycles. The number of hydrogen-bond acceptors (Lipinski definition) is 2. The second kappa shape index (κ2) is 3.74. The Balaban J connectivity index is 2.89. The average molecular weight is 162 g/mol. The van der Waals surface area contributed by atoms with Gasteiger partial charge in [0.15, 0.2) is 11.5 Å². The molecule has 1 rings (SSSR count). The average Bonchev–Trinajstić information content (AvgIpc) is 2.04. The van der Waals surface area contributed by atoms with Gasteiger partial charge in [0.25, 0.3) is 0 Å². The molecule has 0 aromatic heterocycles. The van der Waals surface area contributed by atoms with E-state index in [0.29, 0.717) is 0 Å². The van der Waals surface area contributed by atoms with Crippen molar-refractivity contribution >= 4 is 0 Å². The molecule has 2 heteroatoms. The number of hydrogen-bond donors (Lipinski definition) is 0. The van der Waals surface area contributed by atoms with E-state index >= 15 is 0 Å². The maximum absolute atomic E-state index is 10.8. The highest BCUT2D eigenvalue weighted by atomic mass is 16.6. The molecule has 62 valence electrons. The summed E-state index contributed by atoms with van der Waals surface area (Å²) in [5, 5.41) is 10.8. The Morgan fingerprint density at radius 2 is 2.25 bits per heavy atom. The van der Waals surface area contributed by atoms with Crippen molar-refractivity contribution in [2.45, 2.75) is 6.92 Å². The molecule has 0 atom stereocenters. The summed E-state index contributed by atoms with van der Waals surface area (Å²) >= 11 is 0. The van der Waals surface area contributed by atoms with Crippen molar-refractivity contribution in [1.82, 2.24) is 0 Å². The maximum atomic E-state index is 10.8. The van der Waals surface area contributed by atoms with E-state index in [2.05, 4.69) is 10.8 Å². The van der Waals surface area contributed by atoms with Crippen molar-refractivity contribution < 1.29 is 9.84 Å². The fourth-order valence-electron chi connectivity index (χ4n) is 0.892. The van der Waals surface area contributed by atoms with Gasteiger partial charge in [0.2, 0.25) is 0 Å². The number of aryl methyl sites for hydroxylation is 1. The van der Waals surface area contributed by atoms with Gasteiger partial charge in [0.05, 0.1) is 18.2 Å². The summed E-state index contributed by atoms with van der Waals surface area (Å²) in [5.41, 5.74) is 1.85. The molecule has 0 saturated carbocycles. The van der Waals surface area contributed by atoms with E-state index in [4.69, 9.17) is 0 Å². The summed E-state index contributed by atoms with van der Waals surface area (Å²) in [4.78, 5) is 0. The second-order valence-corrected chi connectivity index (χ2v) is 2.49. The SMILES string of the molecule is COC([O-])=[C+]c1cccc(C)c1. The molecule has 0 saturated heterocycles. The van der Waals surface area contributed by atoms with Crippen molar-refractivity contribution in [3.05, 3.63) is 47.4 Å². The van der Waals surface area contributed by atoms with Gasteiger partial charge in [-0.05, 0) is 26.2 Å². The number of ether oxygens (including phenoxy) is 1. The first kappa shape index (κ1) is 8.57. The van der Waals surface area contributed by atoms with Crippen molar-refractivity contribution in [2.24, 2.45) is 0 Å². The van der Waals surface area contributed by atoms with Crippen LogP contribution in [0.1, 0.15) is 11.1 Å². The highest BCUT2D eigenvalue weighted by molar-refractivity contribution is 5.27. The summed E-state index contributed by atoms with van der Waals surface area (Å²) in [6, 6.07) is 7.52. The quantitative estimate of drug-likeness (QED) is 0.480. The first-order valence-corrected chi connectivity index (χ1v) is 3.64. The number of rotatable bonds is 2. The van der Waals surface area contributed by atoms with Crippen molar-refractivity contribution in [3.8, 4) is 0 Å². The Kier molecular flexibility index (Phi) is 2.67. The Morgan fingerprint density at radius 3 is 2.83 bits per heavy atom. The van der Waals surface area contributed by atoms with E-state index in [1.807, 2.05) is 31.2 Å². The van der Waals surface area contributed by atoms with Crippen LogP contribution in [0.15, 0.2) is 30.2 Å². The van der Waals surface area contributed by atoms with Crippen LogP contribution in [0.25, 0.3) is 0 Å². The van der Waals surface area contributed by atoms with Crippen molar-refractivity contribution in [3.63, 3.8) is 0 Å². The van der Waals surface area contributed by atoms with Gasteiger partial charge < -0.3 is 9.84 Å². The number of benzene rings is 1. The zero-order valence-electron chi connectivity index (χ0n) is 7.13. The third kappa shape index (κ3) is 2.26. The van der Waals surface area contributed by atoms with Crippen LogP contribution in [0.2, 0.25) is 0 Å². The predicted molar refractivity (Wildman–Crippen MR) is 44.0 cm³/mol. The van der Waals surface area contributed by atoms with Gasteiger partial charge in [-0.15, -0.1) is 0 Å². The van der Waals surface area contributed by atoms with Crippen LogP contribution in [0.5, 0.6) is 0 Å². The molecule has 0 amide bonds. The minimum Gasteiger partial charge on any atom is -0.601 e. The van der Waals surface area contributed by atoms with Crippen LogP contribution in [0.4, 0.5) is 0 Å². The molecule has 1 aromatic rings. The Hall–Kier alpha value is -1.53. The van der Waals surface area contributed by atoms with E-state index in [9.17, 15) is 5.11 Å². The lowest BCUT2D eigenvalue weighted by Crippen LogP contribution is -2.05. The molecule has 0 aliphatic heterocycles. The molecule has 0 radical (unpaired) electrons. The standard InChI is InChI=1S/C10H10O2/c1-8-4-3-5-9(6-8)7-10(11)12-2/h3-6H,1-2H3. The lowest BCUT2D eigenvalue weighted by Gasteiger charge is -2.00. The molecular weight excluding hydrogens is 152 g/mol. The van der Waals surface area contributed by atoms with Gasteiger partial charge >= 0.3 is 0 Å². The van der Waals surface area contributed by atoms with E-state index in [-0.39, 0.29) is 0 Å². The highest BCUT2D eigenvalue weighted by Gasteiger charge is 1.98. The normalized spacial score (nSPS) is 10.7. The minimum absolute atomic E-state index is 0.444. The van der Waals surface area contributed by atoms with Crippen LogP contribution < -0.4 is 5.11 Å². The zero-order valence-corrected chi connectivity index (χ0v) is 7.13. The van der Waals surface area contributed by atoms with Gasteiger partial charge in [0.1, 0.15) is 0 Å². The van der Waals surface area contributed by atoms with Gasteiger partial charge in [-0.1, -0.05) is 0 Å². The van der Waals surface area contributed by atoms with Crippen molar-refractivity contribution in [2.75, 3.05) is 7.11 Å². The lowest BCUT2D eigenvalue weighted by atomic mass is 10.1. The maximum Gasteiger partial charge on any atom is 0.190 e. The predicted octanol–water partition coefficient (Wildman–Crippen LogP) is 0.994.